The number of anilines is 1. The van der Waals surface area contributed by atoms with Gasteiger partial charge in [0.25, 0.3) is 5.56 Å². The molecule has 0 spiro atoms. The number of nitrogens with one attached hydrogen (secondary N) is 1. The average molecular weight is 363 g/mol. The molecule has 0 aliphatic carbocycles. The Kier molecular flexibility index (Phi) is 3.76. The highest BCUT2D eigenvalue weighted by Gasteiger charge is 2.10. The Morgan fingerprint density at radius 2 is 2.23 bits per heavy atom. The van der Waals surface area contributed by atoms with Gasteiger partial charge in [0.2, 0.25) is 5.91 Å². The second-order valence-electron chi connectivity index (χ2n) is 4.71. The topological polar surface area (TPSA) is 90.0 Å². The summed E-state index contributed by atoms with van der Waals surface area (Å²) in [6.07, 6.45) is 1.55. The van der Waals surface area contributed by atoms with Crippen molar-refractivity contribution >= 4 is 38.4 Å². The Balaban J connectivity index is 1.84. The second kappa shape index (κ2) is 5.72. The van der Waals surface area contributed by atoms with E-state index in [1.54, 1.807) is 37.4 Å². The molecule has 7 nitrogen and oxygen atoms in total. The number of benzene rings is 1. The van der Waals surface area contributed by atoms with Gasteiger partial charge in [-0.05, 0) is 25.1 Å². The third kappa shape index (κ3) is 2.91. The standard InChI is InChI=1S/C14H11BrN4O3/c1-8-4-12(18-22-8)17-13(20)7-19-14(21)11-3-2-10(15)5-9(11)6-16-19/h2-6H,7H2,1H3,(H,17,18,20). The normalized spacial score (nSPS) is 10.8. The maximum atomic E-state index is 12.3. The SMILES string of the molecule is Cc1cc(NC(=O)Cn2ncc3cc(Br)ccc3c2=O)no1. The predicted octanol–water partition coefficient (Wildman–Crippen LogP) is 2.09. The molecule has 8 heteroatoms. The van der Waals surface area contributed by atoms with Crippen LogP contribution >= 0.6 is 15.9 Å². The van der Waals surface area contributed by atoms with Gasteiger partial charge in [0.05, 0.1) is 11.6 Å². The molecule has 3 aromatic rings. The van der Waals surface area contributed by atoms with Gasteiger partial charge in [0.1, 0.15) is 12.3 Å². The first-order chi connectivity index (χ1) is 10.5. The zero-order valence-corrected chi connectivity index (χ0v) is 13.1. The highest BCUT2D eigenvalue weighted by atomic mass is 79.9. The van der Waals surface area contributed by atoms with Crippen LogP contribution in [0, 0.1) is 6.92 Å². The zero-order valence-electron chi connectivity index (χ0n) is 11.5. The average Bonchev–Trinajstić information content (AvgIpc) is 2.87. The Hall–Kier alpha value is -2.48. The number of carbonyl (C=O) groups excluding carboxylic acids is 1. The van der Waals surface area contributed by atoms with Crippen LogP contribution < -0.4 is 10.9 Å². The van der Waals surface area contributed by atoms with Gasteiger partial charge in [0, 0.05) is 15.9 Å². The first-order valence-corrected chi connectivity index (χ1v) is 7.21. The number of halogens is 1. The number of carbonyl (C=O) groups is 1. The van der Waals surface area contributed by atoms with Gasteiger partial charge in [-0.3, -0.25) is 9.59 Å². The van der Waals surface area contributed by atoms with E-state index in [-0.39, 0.29) is 12.1 Å². The third-order valence-corrected chi connectivity index (χ3v) is 3.50. The van der Waals surface area contributed by atoms with Crippen molar-refractivity contribution in [2.24, 2.45) is 0 Å². The smallest absolute Gasteiger partial charge is 0.275 e. The lowest BCUT2D eigenvalue weighted by atomic mass is 10.2. The van der Waals surface area contributed by atoms with Gasteiger partial charge in [-0.25, -0.2) is 4.68 Å². The monoisotopic (exact) mass is 362 g/mol. The summed E-state index contributed by atoms with van der Waals surface area (Å²) >= 11 is 3.34. The van der Waals surface area contributed by atoms with Gasteiger partial charge < -0.3 is 9.84 Å². The molecule has 1 aromatic carbocycles. The van der Waals surface area contributed by atoms with Crippen molar-refractivity contribution in [2.75, 3.05) is 5.32 Å². The van der Waals surface area contributed by atoms with Crippen LogP contribution in [0.1, 0.15) is 5.76 Å². The van der Waals surface area contributed by atoms with Gasteiger partial charge in [-0.1, -0.05) is 21.1 Å². The van der Waals surface area contributed by atoms with E-state index in [2.05, 4.69) is 31.5 Å². The number of hydrogen-bond acceptors (Lipinski definition) is 5. The maximum Gasteiger partial charge on any atom is 0.275 e. The summed E-state index contributed by atoms with van der Waals surface area (Å²) in [6.45, 7) is 1.52. The van der Waals surface area contributed by atoms with Crippen LogP contribution in [0.5, 0.6) is 0 Å². The summed E-state index contributed by atoms with van der Waals surface area (Å²) in [6, 6.07) is 6.85. The Morgan fingerprint density at radius 3 is 2.95 bits per heavy atom. The van der Waals surface area contributed by atoms with Crippen molar-refractivity contribution in [3.63, 3.8) is 0 Å². The van der Waals surface area contributed by atoms with Crippen LogP contribution in [0.15, 0.2) is 44.3 Å². The van der Waals surface area contributed by atoms with E-state index >= 15 is 0 Å². The second-order valence-corrected chi connectivity index (χ2v) is 5.63. The number of amides is 1. The lowest BCUT2D eigenvalue weighted by Gasteiger charge is -2.05. The molecule has 3 rings (SSSR count). The number of hydrogen-bond donors (Lipinski definition) is 1. The van der Waals surface area contributed by atoms with Crippen molar-refractivity contribution in [3.05, 3.63) is 51.0 Å². The van der Waals surface area contributed by atoms with Crippen molar-refractivity contribution in [2.45, 2.75) is 13.5 Å². The highest BCUT2D eigenvalue weighted by molar-refractivity contribution is 9.10. The van der Waals surface area contributed by atoms with E-state index in [9.17, 15) is 9.59 Å². The molecule has 0 atom stereocenters. The van der Waals surface area contributed by atoms with E-state index in [4.69, 9.17) is 4.52 Å². The molecule has 2 heterocycles. The Labute approximate surface area is 133 Å². The quantitative estimate of drug-likeness (QED) is 0.770. The van der Waals surface area contributed by atoms with Crippen LogP contribution in [-0.4, -0.2) is 20.8 Å². The third-order valence-electron chi connectivity index (χ3n) is 3.00. The van der Waals surface area contributed by atoms with E-state index < -0.39 is 5.91 Å². The molecule has 0 aliphatic heterocycles. The molecule has 0 radical (unpaired) electrons. The van der Waals surface area contributed by atoms with E-state index in [0.717, 1.165) is 9.15 Å². The summed E-state index contributed by atoms with van der Waals surface area (Å²) in [5, 5.41) is 11.4. The lowest BCUT2D eigenvalue weighted by molar-refractivity contribution is -0.117. The highest BCUT2D eigenvalue weighted by Crippen LogP contribution is 2.16. The minimum absolute atomic E-state index is 0.198. The molecule has 1 amide bonds. The molecule has 0 aliphatic rings. The van der Waals surface area contributed by atoms with Crippen molar-refractivity contribution in [1.82, 2.24) is 14.9 Å². The first kappa shape index (κ1) is 14.5. The molecule has 2 aromatic heterocycles. The molecule has 22 heavy (non-hydrogen) atoms. The number of aryl methyl sites for hydroxylation is 1. The minimum atomic E-state index is -0.403. The van der Waals surface area contributed by atoms with Gasteiger partial charge in [-0.15, -0.1) is 0 Å². The summed E-state index contributed by atoms with van der Waals surface area (Å²) in [7, 11) is 0. The Morgan fingerprint density at radius 1 is 1.41 bits per heavy atom. The molecular formula is C14H11BrN4O3. The van der Waals surface area contributed by atoms with E-state index in [0.29, 0.717) is 22.4 Å². The van der Waals surface area contributed by atoms with Crippen molar-refractivity contribution < 1.29 is 9.32 Å². The molecule has 0 unspecified atom stereocenters. The summed E-state index contributed by atoms with van der Waals surface area (Å²) in [5.41, 5.74) is -0.323. The lowest BCUT2D eigenvalue weighted by Crippen LogP contribution is -2.29. The molecule has 0 saturated heterocycles. The Bertz CT molecular complexity index is 916. The number of aromatic nitrogens is 3. The molecule has 112 valence electrons. The summed E-state index contributed by atoms with van der Waals surface area (Å²) in [5.74, 6) is 0.488. The van der Waals surface area contributed by atoms with Crippen LogP contribution in [0.25, 0.3) is 10.8 Å². The molecule has 0 fully saturated rings. The number of nitrogens with zero attached hydrogens (tertiary/aromatic N) is 3. The fourth-order valence-electron chi connectivity index (χ4n) is 2.01. The predicted molar refractivity (Wildman–Crippen MR) is 83.6 cm³/mol. The summed E-state index contributed by atoms with van der Waals surface area (Å²) in [4.78, 5) is 24.2. The van der Waals surface area contributed by atoms with Gasteiger partial charge in [-0.2, -0.15) is 5.10 Å². The number of fused-ring (bicyclic) bond motifs is 1. The zero-order chi connectivity index (χ0) is 15.7. The van der Waals surface area contributed by atoms with Gasteiger partial charge >= 0.3 is 0 Å². The van der Waals surface area contributed by atoms with E-state index in [1.165, 1.54) is 0 Å². The van der Waals surface area contributed by atoms with Crippen LogP contribution in [0.2, 0.25) is 0 Å². The molecular weight excluding hydrogens is 352 g/mol. The maximum absolute atomic E-state index is 12.3. The van der Waals surface area contributed by atoms with E-state index in [1.807, 2.05) is 0 Å². The van der Waals surface area contributed by atoms with Crippen molar-refractivity contribution in [3.8, 4) is 0 Å². The number of rotatable bonds is 3. The van der Waals surface area contributed by atoms with Gasteiger partial charge in [0.15, 0.2) is 5.82 Å². The minimum Gasteiger partial charge on any atom is -0.360 e. The van der Waals surface area contributed by atoms with Crippen LogP contribution in [0.3, 0.4) is 0 Å². The summed E-state index contributed by atoms with van der Waals surface area (Å²) < 4.78 is 6.82. The molecule has 0 saturated carbocycles. The van der Waals surface area contributed by atoms with Crippen molar-refractivity contribution in [1.29, 1.82) is 0 Å². The largest absolute Gasteiger partial charge is 0.360 e. The fraction of sp³-hybridized carbons (Fsp3) is 0.143. The molecule has 1 N–H and O–H groups in total. The van der Waals surface area contributed by atoms with Crippen LogP contribution in [-0.2, 0) is 11.3 Å². The fourth-order valence-corrected chi connectivity index (χ4v) is 2.39. The van der Waals surface area contributed by atoms with Crippen LogP contribution in [0.4, 0.5) is 5.82 Å². The molecule has 0 bridgehead atoms. The first-order valence-electron chi connectivity index (χ1n) is 6.41.